The summed E-state index contributed by atoms with van der Waals surface area (Å²) in [4.78, 5) is 0. The van der Waals surface area contributed by atoms with E-state index < -0.39 is 0 Å². The summed E-state index contributed by atoms with van der Waals surface area (Å²) in [6.45, 7) is 0. The topological polar surface area (TPSA) is 6.89 Å². The van der Waals surface area contributed by atoms with Gasteiger partial charge < -0.3 is 0 Å². The summed E-state index contributed by atoms with van der Waals surface area (Å²) < 4.78 is 5.31. The second-order valence-corrected chi connectivity index (χ2v) is 10.5. The van der Waals surface area contributed by atoms with Crippen molar-refractivity contribution in [3.05, 3.63) is 142 Å². The highest BCUT2D eigenvalue weighted by atomic mass is 15.3. The van der Waals surface area contributed by atoms with E-state index in [4.69, 9.17) is 0 Å². The third-order valence-corrected chi connectivity index (χ3v) is 9.15. The molecule has 2 atom stereocenters. The van der Waals surface area contributed by atoms with Gasteiger partial charge in [-0.15, -0.1) is 9.14 Å². The molecule has 1 aromatic heterocycles. The predicted octanol–water partition coefficient (Wildman–Crippen LogP) is 5.88. The van der Waals surface area contributed by atoms with Gasteiger partial charge in [0.2, 0.25) is 17.1 Å². The maximum atomic E-state index is 2.73. The van der Waals surface area contributed by atoms with Crippen LogP contribution in [-0.2, 0) is 12.1 Å². The van der Waals surface area contributed by atoms with Gasteiger partial charge in [0.25, 0.3) is 0 Å². The van der Waals surface area contributed by atoms with Crippen LogP contribution in [-0.4, -0.2) is 10.3 Å². The van der Waals surface area contributed by atoms with E-state index in [2.05, 4.69) is 112 Å². The maximum Gasteiger partial charge on any atom is 0.418 e. The fourth-order valence-electron chi connectivity index (χ4n) is 8.16. The average Bonchev–Trinajstić information content (AvgIpc) is 3.53. The Morgan fingerprint density at radius 2 is 1.43 bits per heavy atom. The van der Waals surface area contributed by atoms with Gasteiger partial charge in [-0.2, -0.15) is 0 Å². The summed E-state index contributed by atoms with van der Waals surface area (Å²) in [5, 5.41) is 0. The lowest BCUT2D eigenvalue weighted by Gasteiger charge is -2.29. The minimum Gasteiger partial charge on any atom is -0.125 e. The van der Waals surface area contributed by atoms with Crippen molar-refractivity contribution in [2.75, 3.05) is 0 Å². The van der Waals surface area contributed by atoms with Crippen LogP contribution in [0.5, 0.6) is 0 Å². The van der Waals surface area contributed by atoms with Crippen molar-refractivity contribution in [3.8, 4) is 22.4 Å². The molecule has 0 bridgehead atoms. The van der Waals surface area contributed by atoms with Crippen LogP contribution in [0, 0.1) is 0 Å². The van der Waals surface area contributed by atoms with Gasteiger partial charge in [-0.3, -0.25) is 0 Å². The molecule has 0 radical (unpaired) electrons. The Bertz CT molecular complexity index is 1890. The highest BCUT2D eigenvalue weighted by Crippen LogP contribution is 2.62. The summed E-state index contributed by atoms with van der Waals surface area (Å²) in [5.41, 5.74) is 18.2. The summed E-state index contributed by atoms with van der Waals surface area (Å²) >= 11 is 0. The first kappa shape index (κ1) is 17.2. The fraction of sp³-hybridized carbons (Fsp3) is 0.0909. The van der Waals surface area contributed by atoms with E-state index in [1.54, 1.807) is 0 Å². The smallest absolute Gasteiger partial charge is 0.125 e. The molecule has 0 N–H and O–H groups in total. The van der Waals surface area contributed by atoms with Crippen LogP contribution >= 0.6 is 0 Å². The molecule has 4 heterocycles. The van der Waals surface area contributed by atoms with Crippen LogP contribution in [0.4, 0.5) is 5.69 Å². The molecule has 5 aliphatic rings. The molecule has 0 saturated heterocycles. The summed E-state index contributed by atoms with van der Waals surface area (Å²) in [7, 11) is 0. The Labute approximate surface area is 203 Å². The van der Waals surface area contributed by atoms with Crippen molar-refractivity contribution < 1.29 is 9.14 Å². The third-order valence-electron chi connectivity index (χ3n) is 9.15. The molecule has 2 unspecified atom stereocenters. The molecule has 0 saturated carbocycles. The predicted molar refractivity (Wildman–Crippen MR) is 135 cm³/mol. The molecule has 5 aromatic rings. The Morgan fingerprint density at radius 1 is 0.629 bits per heavy atom. The molecule has 10 rings (SSSR count). The number of aromatic nitrogens is 1. The van der Waals surface area contributed by atoms with Crippen LogP contribution in [0.25, 0.3) is 22.4 Å². The highest BCUT2D eigenvalue weighted by Gasteiger charge is 2.74. The molecule has 3 aliphatic heterocycles. The Balaban J connectivity index is 1.51. The van der Waals surface area contributed by atoms with Crippen molar-refractivity contribution >= 4 is 11.4 Å². The number of pyridine rings is 1. The van der Waals surface area contributed by atoms with E-state index in [9.17, 15) is 0 Å². The lowest BCUT2D eigenvalue weighted by atomic mass is 9.69. The molecule has 2 aliphatic carbocycles. The quantitative estimate of drug-likeness (QED) is 0.263. The number of nitrogens with zero attached hydrogens (tertiary/aromatic N) is 2. The molecule has 2 nitrogen and oxygen atoms in total. The highest BCUT2D eigenvalue weighted by molar-refractivity contribution is 6.17. The van der Waals surface area contributed by atoms with E-state index in [0.29, 0.717) is 0 Å². The average molecular weight is 445 g/mol. The zero-order valence-corrected chi connectivity index (χ0v) is 19.0. The number of hydrogen-bond donors (Lipinski definition) is 0. The first-order valence-electron chi connectivity index (χ1n) is 12.5. The minimum absolute atomic E-state index is 0.269. The second-order valence-electron chi connectivity index (χ2n) is 10.5. The molecular formula is C33H20N2+2. The Morgan fingerprint density at radius 3 is 2.40 bits per heavy atom. The van der Waals surface area contributed by atoms with E-state index in [-0.39, 0.29) is 11.6 Å². The number of para-hydroxylation sites is 1. The monoisotopic (exact) mass is 444 g/mol. The molecule has 1 spiro atoms. The van der Waals surface area contributed by atoms with Gasteiger partial charge in [-0.25, -0.2) is 0 Å². The molecule has 0 amide bonds. The maximum absolute atomic E-state index is 2.73. The van der Waals surface area contributed by atoms with E-state index >= 15 is 0 Å². The minimum atomic E-state index is -0.371. The Hall–Kier alpha value is -4.30. The molecule has 2 heteroatoms. The van der Waals surface area contributed by atoms with Crippen molar-refractivity contribution in [2.24, 2.45) is 0 Å². The molecule has 160 valence electrons. The van der Waals surface area contributed by atoms with Crippen LogP contribution in [0.3, 0.4) is 0 Å². The number of benzene rings is 4. The summed E-state index contributed by atoms with van der Waals surface area (Å²) in [5.74, 6) is 0.269. The van der Waals surface area contributed by atoms with Crippen LogP contribution in [0.1, 0.15) is 44.9 Å². The van der Waals surface area contributed by atoms with Crippen LogP contribution in [0.2, 0.25) is 0 Å². The van der Waals surface area contributed by atoms with Gasteiger partial charge in [-0.1, -0.05) is 66.7 Å². The number of hydrogen-bond acceptors (Lipinski definition) is 0. The van der Waals surface area contributed by atoms with E-state index in [1.807, 2.05) is 0 Å². The number of fused-ring (bicyclic) bond motifs is 8. The van der Waals surface area contributed by atoms with Crippen molar-refractivity contribution in [3.63, 3.8) is 0 Å². The lowest BCUT2D eigenvalue weighted by molar-refractivity contribution is -0.874. The fourth-order valence-corrected chi connectivity index (χ4v) is 8.16. The van der Waals surface area contributed by atoms with Gasteiger partial charge in [-0.05, 0) is 46.4 Å². The van der Waals surface area contributed by atoms with E-state index in [1.165, 1.54) is 72.7 Å². The van der Waals surface area contributed by atoms with Gasteiger partial charge >= 0.3 is 5.66 Å². The van der Waals surface area contributed by atoms with Gasteiger partial charge in [0.1, 0.15) is 17.0 Å². The van der Waals surface area contributed by atoms with E-state index in [0.717, 1.165) is 6.42 Å². The number of rotatable bonds is 0. The Kier molecular flexibility index (Phi) is 2.62. The van der Waals surface area contributed by atoms with Crippen molar-refractivity contribution in [1.29, 1.82) is 0 Å². The standard InChI is InChI=1S/C33H20N2/c1-2-10-22-21(9-1)23-16-15-20-18-19-8-7-12-25-26-13-5-6-17-34(26)33(30(19)25)31(20)29(23)32-28(22)24-11-3-4-14-27(24)35(32)33/h1-17,28H,18H2/q+2. The first-order valence-corrected chi connectivity index (χ1v) is 12.5. The third kappa shape index (κ3) is 1.59. The zero-order valence-electron chi connectivity index (χ0n) is 19.0. The lowest BCUT2D eigenvalue weighted by Crippen LogP contribution is -2.61. The van der Waals surface area contributed by atoms with Crippen LogP contribution < -0.4 is 4.57 Å². The van der Waals surface area contributed by atoms with Gasteiger partial charge in [0, 0.05) is 23.8 Å². The molecule has 35 heavy (non-hydrogen) atoms. The SMILES string of the molecule is c1ccc2c(c1)-c1ccc3c4c1C1=[N+](c5ccccc5C12)C41c2c(cccc2-c2cccc[n+]21)C3. The molecule has 4 aromatic carbocycles. The summed E-state index contributed by atoms with van der Waals surface area (Å²) in [6, 6.07) is 36.7. The summed E-state index contributed by atoms with van der Waals surface area (Å²) in [6.07, 6.45) is 3.31. The first-order chi connectivity index (χ1) is 17.4. The van der Waals surface area contributed by atoms with Gasteiger partial charge in [0.15, 0.2) is 6.20 Å². The molecule has 0 fully saturated rings. The molecular weight excluding hydrogens is 424 g/mol. The van der Waals surface area contributed by atoms with Crippen molar-refractivity contribution in [2.45, 2.75) is 18.0 Å². The largest absolute Gasteiger partial charge is 0.418 e. The second kappa shape index (κ2) is 5.34. The van der Waals surface area contributed by atoms with Gasteiger partial charge in [0.05, 0.1) is 11.1 Å². The van der Waals surface area contributed by atoms with Crippen molar-refractivity contribution in [1.82, 2.24) is 0 Å². The normalized spacial score (nSPS) is 21.9. The zero-order chi connectivity index (χ0) is 22.5. The van der Waals surface area contributed by atoms with Crippen LogP contribution in [0.15, 0.2) is 103 Å².